The van der Waals surface area contributed by atoms with Crippen LogP contribution in [0.1, 0.15) is 18.9 Å². The zero-order valence-corrected chi connectivity index (χ0v) is 13.0. The van der Waals surface area contributed by atoms with Crippen molar-refractivity contribution in [1.29, 1.82) is 0 Å². The van der Waals surface area contributed by atoms with Crippen molar-refractivity contribution >= 4 is 5.82 Å². The maximum Gasteiger partial charge on any atom is 0.215 e. The summed E-state index contributed by atoms with van der Waals surface area (Å²) in [7, 11) is 0. The van der Waals surface area contributed by atoms with E-state index >= 15 is 0 Å². The largest absolute Gasteiger partial charge is 0.474 e. The van der Waals surface area contributed by atoms with E-state index in [1.165, 1.54) is 5.56 Å². The van der Waals surface area contributed by atoms with Gasteiger partial charge in [0, 0.05) is 31.6 Å². The quantitative estimate of drug-likeness (QED) is 0.942. The fourth-order valence-electron chi connectivity index (χ4n) is 3.02. The van der Waals surface area contributed by atoms with E-state index in [4.69, 9.17) is 10.5 Å². The lowest BCUT2D eigenvalue weighted by Crippen LogP contribution is -2.44. The summed E-state index contributed by atoms with van der Waals surface area (Å²) in [5.74, 6) is 1.61. The number of nitrogens with two attached hydrogens (primary N) is 1. The highest BCUT2D eigenvalue weighted by Crippen LogP contribution is 2.23. The molecule has 3 rings (SSSR count). The van der Waals surface area contributed by atoms with Gasteiger partial charge in [-0.2, -0.15) is 4.98 Å². The van der Waals surface area contributed by atoms with Gasteiger partial charge in [0.1, 0.15) is 11.9 Å². The van der Waals surface area contributed by atoms with Crippen LogP contribution in [0.25, 0.3) is 0 Å². The molecule has 1 aliphatic heterocycles. The summed E-state index contributed by atoms with van der Waals surface area (Å²) in [6.45, 7) is 5.34. The summed E-state index contributed by atoms with van der Waals surface area (Å²) in [5, 5.41) is 0. The molecular weight excluding hydrogens is 274 g/mol. The van der Waals surface area contributed by atoms with E-state index in [1.807, 2.05) is 12.1 Å². The van der Waals surface area contributed by atoms with Gasteiger partial charge < -0.3 is 10.5 Å². The lowest BCUT2D eigenvalue weighted by molar-refractivity contribution is 0.0462. The van der Waals surface area contributed by atoms with E-state index in [0.29, 0.717) is 17.6 Å². The van der Waals surface area contributed by atoms with Crippen molar-refractivity contribution in [3.8, 4) is 5.88 Å². The van der Waals surface area contributed by atoms with E-state index < -0.39 is 0 Å². The van der Waals surface area contributed by atoms with Crippen LogP contribution in [0.5, 0.6) is 5.88 Å². The van der Waals surface area contributed by atoms with Crippen LogP contribution < -0.4 is 10.5 Å². The highest BCUT2D eigenvalue weighted by Gasteiger charge is 2.27. The van der Waals surface area contributed by atoms with Gasteiger partial charge in [-0.25, -0.2) is 0 Å². The van der Waals surface area contributed by atoms with Crippen LogP contribution in [0.2, 0.25) is 0 Å². The van der Waals surface area contributed by atoms with Crippen molar-refractivity contribution in [1.82, 2.24) is 9.88 Å². The number of rotatable bonds is 4. The Bertz CT molecular complexity index is 602. The van der Waals surface area contributed by atoms with Gasteiger partial charge in [0.15, 0.2) is 0 Å². The van der Waals surface area contributed by atoms with Gasteiger partial charge in [-0.15, -0.1) is 0 Å². The average molecular weight is 297 g/mol. The maximum atomic E-state index is 6.03. The molecule has 0 spiro atoms. The molecule has 116 valence electrons. The third kappa shape index (κ3) is 3.77. The highest BCUT2D eigenvalue weighted by molar-refractivity contribution is 5.31. The molecule has 1 saturated heterocycles. The number of piperidine rings is 1. The van der Waals surface area contributed by atoms with Crippen molar-refractivity contribution in [2.45, 2.75) is 26.0 Å². The monoisotopic (exact) mass is 297 g/mol. The molecule has 1 aliphatic rings. The first kappa shape index (κ1) is 14.9. The molecule has 1 fully saturated rings. The Morgan fingerprint density at radius 2 is 2.00 bits per heavy atom. The van der Waals surface area contributed by atoms with Crippen LogP contribution in [-0.2, 0) is 6.54 Å². The molecule has 22 heavy (non-hydrogen) atoms. The Morgan fingerprint density at radius 3 is 2.73 bits per heavy atom. The van der Waals surface area contributed by atoms with Crippen LogP contribution >= 0.6 is 0 Å². The van der Waals surface area contributed by atoms with Gasteiger partial charge in [0.25, 0.3) is 0 Å². The topological polar surface area (TPSA) is 51.4 Å². The number of ether oxygens (including phenoxy) is 1. The molecule has 2 heterocycles. The van der Waals surface area contributed by atoms with Gasteiger partial charge in [-0.05, 0) is 18.1 Å². The lowest BCUT2D eigenvalue weighted by atomic mass is 9.96. The third-order valence-electron chi connectivity index (χ3n) is 4.18. The predicted molar refractivity (Wildman–Crippen MR) is 88.6 cm³/mol. The molecule has 0 bridgehead atoms. The summed E-state index contributed by atoms with van der Waals surface area (Å²) in [6.07, 6.45) is 1.23. The second kappa shape index (κ2) is 6.79. The SMILES string of the molecule is C[C@@H]1CN(Cc2ccccc2)CCC1Oc1cccc(N)n1. The Hall–Kier alpha value is -2.07. The van der Waals surface area contributed by atoms with Crippen molar-refractivity contribution in [2.24, 2.45) is 5.92 Å². The number of anilines is 1. The number of pyridine rings is 1. The number of aromatic nitrogens is 1. The predicted octanol–water partition coefficient (Wildman–Crippen LogP) is 2.95. The normalized spacial score (nSPS) is 22.4. The molecule has 4 nitrogen and oxygen atoms in total. The van der Waals surface area contributed by atoms with E-state index in [9.17, 15) is 0 Å². The Kier molecular flexibility index (Phi) is 4.59. The highest BCUT2D eigenvalue weighted by atomic mass is 16.5. The zero-order chi connectivity index (χ0) is 15.4. The molecule has 0 radical (unpaired) electrons. The van der Waals surface area contributed by atoms with Crippen molar-refractivity contribution in [3.05, 3.63) is 54.1 Å². The van der Waals surface area contributed by atoms with E-state index in [-0.39, 0.29) is 6.10 Å². The van der Waals surface area contributed by atoms with Gasteiger partial charge in [-0.1, -0.05) is 43.3 Å². The zero-order valence-electron chi connectivity index (χ0n) is 13.0. The first-order valence-electron chi connectivity index (χ1n) is 7.86. The number of hydrogen-bond acceptors (Lipinski definition) is 4. The number of nitrogen functional groups attached to an aromatic ring is 1. The van der Waals surface area contributed by atoms with Crippen LogP contribution in [0.4, 0.5) is 5.82 Å². The fraction of sp³-hybridized carbons (Fsp3) is 0.389. The number of hydrogen-bond donors (Lipinski definition) is 1. The van der Waals surface area contributed by atoms with Crippen molar-refractivity contribution in [2.75, 3.05) is 18.8 Å². The van der Waals surface area contributed by atoms with Crippen molar-refractivity contribution in [3.63, 3.8) is 0 Å². The average Bonchev–Trinajstić information content (AvgIpc) is 2.51. The van der Waals surface area contributed by atoms with Gasteiger partial charge in [0.2, 0.25) is 5.88 Å². The van der Waals surface area contributed by atoms with E-state index in [1.54, 1.807) is 6.07 Å². The number of nitrogens with zero attached hydrogens (tertiary/aromatic N) is 2. The molecule has 0 saturated carbocycles. The first-order valence-corrected chi connectivity index (χ1v) is 7.86. The third-order valence-corrected chi connectivity index (χ3v) is 4.18. The first-order chi connectivity index (χ1) is 10.7. The summed E-state index contributed by atoms with van der Waals surface area (Å²) in [4.78, 5) is 6.72. The van der Waals surface area contributed by atoms with Gasteiger partial charge in [0.05, 0.1) is 0 Å². The second-order valence-electron chi connectivity index (χ2n) is 6.04. The summed E-state index contributed by atoms with van der Waals surface area (Å²) in [5.41, 5.74) is 7.07. The summed E-state index contributed by atoms with van der Waals surface area (Å²) in [6, 6.07) is 16.2. The minimum atomic E-state index is 0.210. The van der Waals surface area contributed by atoms with Crippen LogP contribution in [-0.4, -0.2) is 29.1 Å². The van der Waals surface area contributed by atoms with Gasteiger partial charge in [-0.3, -0.25) is 4.90 Å². The number of benzene rings is 1. The van der Waals surface area contributed by atoms with E-state index in [2.05, 4.69) is 47.1 Å². The Balaban J connectivity index is 1.56. The van der Waals surface area contributed by atoms with Crippen LogP contribution in [0, 0.1) is 5.92 Å². The van der Waals surface area contributed by atoms with Crippen LogP contribution in [0.3, 0.4) is 0 Å². The fourth-order valence-corrected chi connectivity index (χ4v) is 3.02. The molecule has 2 atom stereocenters. The molecule has 2 N–H and O–H groups in total. The summed E-state index contributed by atoms with van der Waals surface area (Å²) < 4.78 is 6.03. The Labute approximate surface area is 131 Å². The van der Waals surface area contributed by atoms with Crippen molar-refractivity contribution < 1.29 is 4.74 Å². The molecule has 1 aromatic carbocycles. The van der Waals surface area contributed by atoms with E-state index in [0.717, 1.165) is 26.1 Å². The van der Waals surface area contributed by atoms with Crippen LogP contribution in [0.15, 0.2) is 48.5 Å². The molecule has 0 aliphatic carbocycles. The number of likely N-dealkylation sites (tertiary alicyclic amines) is 1. The Morgan fingerprint density at radius 1 is 1.18 bits per heavy atom. The molecule has 4 heteroatoms. The second-order valence-corrected chi connectivity index (χ2v) is 6.04. The molecule has 1 unspecified atom stereocenters. The molecule has 0 amide bonds. The molecular formula is C18H23N3O. The summed E-state index contributed by atoms with van der Waals surface area (Å²) >= 11 is 0. The lowest BCUT2D eigenvalue weighted by Gasteiger charge is -2.36. The smallest absolute Gasteiger partial charge is 0.215 e. The molecule has 1 aromatic heterocycles. The maximum absolute atomic E-state index is 6.03. The minimum absolute atomic E-state index is 0.210. The molecule has 2 aromatic rings. The van der Waals surface area contributed by atoms with Gasteiger partial charge >= 0.3 is 0 Å². The standard InChI is InChI=1S/C18H23N3O/c1-14-12-21(13-15-6-3-2-4-7-15)11-10-16(14)22-18-9-5-8-17(19)20-18/h2-9,14,16H,10-13H2,1H3,(H2,19,20)/t14-,16?/m1/s1. The minimum Gasteiger partial charge on any atom is -0.474 e.